The van der Waals surface area contributed by atoms with Crippen LogP contribution < -0.4 is 9.47 Å². The number of rotatable bonds is 2. The summed E-state index contributed by atoms with van der Waals surface area (Å²) < 4.78 is 11.2. The average Bonchev–Trinajstić information content (AvgIpc) is 2.25. The smallest absolute Gasteiger partial charge is 0.165 e. The predicted octanol–water partition coefficient (Wildman–Crippen LogP) is 2.90. The van der Waals surface area contributed by atoms with Crippen LogP contribution in [-0.2, 0) is 12.0 Å². The summed E-state index contributed by atoms with van der Waals surface area (Å²) in [7, 11) is 0. The quantitative estimate of drug-likeness (QED) is 0.884. The molecule has 1 N–H and O–H groups in total. The molecular weight excluding hydrogens is 240 g/mol. The second kappa shape index (κ2) is 4.39. The van der Waals surface area contributed by atoms with Crippen molar-refractivity contribution in [3.8, 4) is 11.5 Å². The first kappa shape index (κ1) is 12.5. The molecule has 0 aromatic heterocycles. The van der Waals surface area contributed by atoms with Crippen LogP contribution in [0.25, 0.3) is 0 Å². The molecule has 0 unspecified atom stereocenters. The highest BCUT2D eigenvalue weighted by molar-refractivity contribution is 6.31. The monoisotopic (exact) mass is 256 g/mol. The van der Waals surface area contributed by atoms with Gasteiger partial charge in [0.25, 0.3) is 0 Å². The van der Waals surface area contributed by atoms with E-state index in [1.54, 1.807) is 19.9 Å². The van der Waals surface area contributed by atoms with E-state index in [0.29, 0.717) is 24.0 Å². The van der Waals surface area contributed by atoms with Gasteiger partial charge >= 0.3 is 0 Å². The van der Waals surface area contributed by atoms with Crippen molar-refractivity contribution in [2.75, 3.05) is 13.2 Å². The zero-order chi connectivity index (χ0) is 12.6. The topological polar surface area (TPSA) is 38.7 Å². The first-order chi connectivity index (χ1) is 7.95. The number of hydrogen-bond donors (Lipinski definition) is 1. The maximum absolute atomic E-state index is 10.2. The summed E-state index contributed by atoms with van der Waals surface area (Å²) >= 11 is 6.23. The lowest BCUT2D eigenvalue weighted by Gasteiger charge is -2.28. The fourth-order valence-electron chi connectivity index (χ4n) is 2.22. The fraction of sp³-hybridized carbons (Fsp3) is 0.538. The summed E-state index contributed by atoms with van der Waals surface area (Å²) in [6.07, 6.45) is 0.742. The lowest BCUT2D eigenvalue weighted by molar-refractivity contribution is 0.0766. The van der Waals surface area contributed by atoms with E-state index >= 15 is 0 Å². The van der Waals surface area contributed by atoms with Crippen molar-refractivity contribution in [2.24, 2.45) is 0 Å². The van der Waals surface area contributed by atoms with Gasteiger partial charge in [0.2, 0.25) is 0 Å². The Labute approximate surface area is 106 Å². The van der Waals surface area contributed by atoms with Crippen LogP contribution >= 0.6 is 11.6 Å². The minimum atomic E-state index is -0.988. The average molecular weight is 257 g/mol. The van der Waals surface area contributed by atoms with Gasteiger partial charge in [-0.15, -0.1) is 0 Å². The van der Waals surface area contributed by atoms with Gasteiger partial charge in [-0.3, -0.25) is 0 Å². The van der Waals surface area contributed by atoms with Crippen LogP contribution in [0.4, 0.5) is 0 Å². The highest BCUT2D eigenvalue weighted by atomic mass is 35.5. The van der Waals surface area contributed by atoms with Gasteiger partial charge in [0.05, 0.1) is 10.6 Å². The Morgan fingerprint density at radius 2 is 2.00 bits per heavy atom. The van der Waals surface area contributed by atoms with Crippen LogP contribution in [0.3, 0.4) is 0 Å². The van der Waals surface area contributed by atoms with Crippen LogP contribution in [0.5, 0.6) is 11.5 Å². The largest absolute Gasteiger partial charge is 0.486 e. The van der Waals surface area contributed by atoms with Crippen molar-refractivity contribution in [1.29, 1.82) is 0 Å². The molecule has 0 bridgehead atoms. The van der Waals surface area contributed by atoms with Crippen LogP contribution in [0.2, 0.25) is 5.02 Å². The second-order valence-electron chi connectivity index (χ2n) is 4.65. The van der Waals surface area contributed by atoms with Gasteiger partial charge in [0.15, 0.2) is 11.5 Å². The van der Waals surface area contributed by atoms with E-state index < -0.39 is 5.60 Å². The number of ether oxygens (including phenoxy) is 2. The molecule has 0 saturated heterocycles. The number of fused-ring (bicyclic) bond motifs is 1. The van der Waals surface area contributed by atoms with E-state index in [4.69, 9.17) is 21.1 Å². The maximum Gasteiger partial charge on any atom is 0.165 e. The molecule has 0 aliphatic carbocycles. The van der Waals surface area contributed by atoms with Gasteiger partial charge < -0.3 is 14.6 Å². The molecular formula is C13H17ClO3. The van der Waals surface area contributed by atoms with Gasteiger partial charge in [0.1, 0.15) is 13.2 Å². The summed E-state index contributed by atoms with van der Waals surface area (Å²) in [5.41, 5.74) is 0.670. The number of aliphatic hydroxyl groups is 1. The Morgan fingerprint density at radius 3 is 2.59 bits per heavy atom. The number of benzene rings is 1. The Bertz CT molecular complexity index is 435. The molecule has 94 valence electrons. The molecule has 0 radical (unpaired) electrons. The van der Waals surface area contributed by atoms with Crippen molar-refractivity contribution in [2.45, 2.75) is 32.8 Å². The van der Waals surface area contributed by atoms with Crippen molar-refractivity contribution >= 4 is 11.6 Å². The second-order valence-corrected chi connectivity index (χ2v) is 5.06. The summed E-state index contributed by atoms with van der Waals surface area (Å²) in [5, 5.41) is 10.7. The van der Waals surface area contributed by atoms with E-state index in [0.717, 1.165) is 23.3 Å². The fourth-order valence-corrected chi connectivity index (χ4v) is 2.66. The van der Waals surface area contributed by atoms with Gasteiger partial charge in [-0.1, -0.05) is 18.5 Å². The highest BCUT2D eigenvalue weighted by Gasteiger charge is 2.29. The Kier molecular flexibility index (Phi) is 3.23. The zero-order valence-electron chi connectivity index (χ0n) is 10.3. The summed E-state index contributed by atoms with van der Waals surface area (Å²) in [5.74, 6) is 1.39. The molecule has 1 aromatic rings. The molecule has 0 amide bonds. The molecule has 0 atom stereocenters. The van der Waals surface area contributed by atoms with Gasteiger partial charge in [-0.2, -0.15) is 0 Å². The van der Waals surface area contributed by atoms with E-state index in [1.165, 1.54) is 0 Å². The first-order valence-electron chi connectivity index (χ1n) is 5.79. The summed E-state index contributed by atoms with van der Waals surface area (Å²) in [6.45, 7) is 6.54. The van der Waals surface area contributed by atoms with Crippen LogP contribution in [-0.4, -0.2) is 18.3 Å². The standard InChI is InChI=1S/C13H17ClO3/c1-4-8-11(13(2,3)15)9(14)7-10-12(8)17-6-5-16-10/h7,15H,4-6H2,1-3H3. The van der Waals surface area contributed by atoms with E-state index in [2.05, 4.69) is 0 Å². The molecule has 1 aliphatic rings. The molecule has 0 fully saturated rings. The first-order valence-corrected chi connectivity index (χ1v) is 6.16. The number of hydrogen-bond acceptors (Lipinski definition) is 3. The molecule has 1 heterocycles. The summed E-state index contributed by atoms with van der Waals surface area (Å²) in [4.78, 5) is 0. The van der Waals surface area contributed by atoms with Gasteiger partial charge in [-0.25, -0.2) is 0 Å². The SMILES string of the molecule is CCc1c2c(cc(Cl)c1C(C)(C)O)OCCO2. The van der Waals surface area contributed by atoms with Crippen molar-refractivity contribution in [1.82, 2.24) is 0 Å². The predicted molar refractivity (Wildman–Crippen MR) is 67.1 cm³/mol. The van der Waals surface area contributed by atoms with Crippen molar-refractivity contribution in [3.63, 3.8) is 0 Å². The Balaban J connectivity index is 2.67. The van der Waals surface area contributed by atoms with Crippen LogP contribution in [0, 0.1) is 0 Å². The molecule has 2 rings (SSSR count). The van der Waals surface area contributed by atoms with Crippen LogP contribution in [0.1, 0.15) is 31.9 Å². The van der Waals surface area contributed by atoms with E-state index in [9.17, 15) is 5.11 Å². The Morgan fingerprint density at radius 1 is 1.35 bits per heavy atom. The third-order valence-electron chi connectivity index (χ3n) is 2.85. The molecule has 0 saturated carbocycles. The molecule has 1 aliphatic heterocycles. The van der Waals surface area contributed by atoms with Gasteiger partial charge in [-0.05, 0) is 20.3 Å². The van der Waals surface area contributed by atoms with Crippen LogP contribution in [0.15, 0.2) is 6.07 Å². The molecule has 3 nitrogen and oxygen atoms in total. The summed E-state index contributed by atoms with van der Waals surface area (Å²) in [6, 6.07) is 1.72. The zero-order valence-corrected chi connectivity index (χ0v) is 11.1. The highest BCUT2D eigenvalue weighted by Crippen LogP contribution is 2.43. The van der Waals surface area contributed by atoms with Gasteiger partial charge in [0, 0.05) is 17.2 Å². The lowest BCUT2D eigenvalue weighted by atomic mass is 9.90. The van der Waals surface area contributed by atoms with E-state index in [1.807, 2.05) is 6.92 Å². The maximum atomic E-state index is 10.2. The molecule has 1 aromatic carbocycles. The Hall–Kier alpha value is -0.930. The minimum absolute atomic E-state index is 0.526. The van der Waals surface area contributed by atoms with E-state index in [-0.39, 0.29) is 0 Å². The lowest BCUT2D eigenvalue weighted by Crippen LogP contribution is -2.22. The number of halogens is 1. The molecule has 17 heavy (non-hydrogen) atoms. The molecule has 0 spiro atoms. The molecule has 4 heteroatoms. The third kappa shape index (κ3) is 2.22. The van der Waals surface area contributed by atoms with Crippen molar-refractivity contribution < 1.29 is 14.6 Å². The van der Waals surface area contributed by atoms with Crippen molar-refractivity contribution in [3.05, 3.63) is 22.2 Å². The third-order valence-corrected chi connectivity index (χ3v) is 3.15. The normalized spacial score (nSPS) is 14.9. The minimum Gasteiger partial charge on any atom is -0.486 e.